The Hall–Kier alpha value is -1.10. The summed E-state index contributed by atoms with van der Waals surface area (Å²) in [6.07, 6.45) is 5.67. The number of carbonyl (C=O) groups is 2. The van der Waals surface area contributed by atoms with Gasteiger partial charge in [-0.2, -0.15) is 0 Å². The summed E-state index contributed by atoms with van der Waals surface area (Å²) in [5.74, 6) is -0.393. The van der Waals surface area contributed by atoms with Gasteiger partial charge in [0.25, 0.3) is 0 Å². The van der Waals surface area contributed by atoms with Crippen LogP contribution in [-0.2, 0) is 9.59 Å². The molecule has 1 heterocycles. The van der Waals surface area contributed by atoms with E-state index in [1.54, 1.807) is 0 Å². The highest BCUT2D eigenvalue weighted by Crippen LogP contribution is 2.15. The van der Waals surface area contributed by atoms with Crippen molar-refractivity contribution in [3.63, 3.8) is 0 Å². The van der Waals surface area contributed by atoms with Crippen LogP contribution >= 0.6 is 0 Å². The summed E-state index contributed by atoms with van der Waals surface area (Å²) in [5, 5.41) is 14.8. The Labute approximate surface area is 115 Å². The molecule has 2 atom stereocenters. The first-order chi connectivity index (χ1) is 9.09. The molecule has 1 aliphatic rings. The molecule has 0 aromatic rings. The van der Waals surface area contributed by atoms with Gasteiger partial charge in [0, 0.05) is 24.9 Å². The van der Waals surface area contributed by atoms with E-state index in [1.807, 2.05) is 0 Å². The van der Waals surface area contributed by atoms with E-state index in [-0.39, 0.29) is 18.2 Å². The van der Waals surface area contributed by atoms with Crippen molar-refractivity contribution in [3.05, 3.63) is 0 Å². The number of amides is 1. The Balaban J connectivity index is 1.99. The van der Waals surface area contributed by atoms with Gasteiger partial charge in [-0.15, -0.1) is 0 Å². The summed E-state index contributed by atoms with van der Waals surface area (Å²) in [5.41, 5.74) is 0. The van der Waals surface area contributed by atoms with Crippen LogP contribution in [0.5, 0.6) is 0 Å². The predicted molar refractivity (Wildman–Crippen MR) is 73.9 cm³/mol. The van der Waals surface area contributed by atoms with Gasteiger partial charge in [0.2, 0.25) is 5.91 Å². The summed E-state index contributed by atoms with van der Waals surface area (Å²) in [7, 11) is 0. The van der Waals surface area contributed by atoms with Crippen LogP contribution in [0.2, 0.25) is 0 Å². The van der Waals surface area contributed by atoms with Gasteiger partial charge < -0.3 is 15.7 Å². The molecule has 1 rings (SSSR count). The maximum Gasteiger partial charge on any atom is 0.303 e. The zero-order chi connectivity index (χ0) is 14.1. The highest BCUT2D eigenvalue weighted by atomic mass is 16.4. The van der Waals surface area contributed by atoms with Crippen LogP contribution < -0.4 is 10.6 Å². The predicted octanol–water partition coefficient (Wildman–Crippen LogP) is 1.53. The van der Waals surface area contributed by atoms with Gasteiger partial charge in [-0.3, -0.25) is 9.59 Å². The van der Waals surface area contributed by atoms with Crippen LogP contribution in [0.4, 0.5) is 0 Å². The van der Waals surface area contributed by atoms with Crippen LogP contribution in [0, 0.1) is 5.92 Å². The van der Waals surface area contributed by atoms with Crippen LogP contribution in [0.15, 0.2) is 0 Å². The fraction of sp³-hybridized carbons (Fsp3) is 0.857. The molecule has 0 saturated carbocycles. The lowest BCUT2D eigenvalue weighted by molar-refractivity contribution is -0.137. The second kappa shape index (κ2) is 8.91. The monoisotopic (exact) mass is 270 g/mol. The molecule has 0 bridgehead atoms. The van der Waals surface area contributed by atoms with Crippen molar-refractivity contribution in [3.8, 4) is 0 Å². The van der Waals surface area contributed by atoms with Crippen LogP contribution in [0.3, 0.4) is 0 Å². The fourth-order valence-corrected chi connectivity index (χ4v) is 2.48. The molecule has 1 fully saturated rings. The zero-order valence-electron chi connectivity index (χ0n) is 11.8. The van der Waals surface area contributed by atoms with Crippen molar-refractivity contribution in [2.24, 2.45) is 5.92 Å². The van der Waals surface area contributed by atoms with Crippen molar-refractivity contribution in [1.29, 1.82) is 0 Å². The van der Waals surface area contributed by atoms with Crippen LogP contribution in [0.25, 0.3) is 0 Å². The lowest BCUT2D eigenvalue weighted by atomic mass is 9.92. The summed E-state index contributed by atoms with van der Waals surface area (Å²) in [6.45, 7) is 3.75. The Morgan fingerprint density at radius 1 is 1.26 bits per heavy atom. The van der Waals surface area contributed by atoms with Crippen LogP contribution in [-0.4, -0.2) is 36.1 Å². The average Bonchev–Trinajstić information content (AvgIpc) is 2.37. The van der Waals surface area contributed by atoms with E-state index in [2.05, 4.69) is 17.6 Å². The number of rotatable bonds is 8. The van der Waals surface area contributed by atoms with Gasteiger partial charge in [0.1, 0.15) is 0 Å². The normalized spacial score (nSPS) is 23.0. The van der Waals surface area contributed by atoms with Gasteiger partial charge in [0.15, 0.2) is 0 Å². The van der Waals surface area contributed by atoms with Gasteiger partial charge in [0.05, 0.1) is 0 Å². The van der Waals surface area contributed by atoms with Crippen molar-refractivity contribution in [2.45, 2.75) is 57.9 Å². The number of carboxylic acids is 1. The minimum Gasteiger partial charge on any atom is -0.481 e. The van der Waals surface area contributed by atoms with Crippen molar-refractivity contribution >= 4 is 11.9 Å². The van der Waals surface area contributed by atoms with E-state index in [1.165, 1.54) is 0 Å². The first-order valence-corrected chi connectivity index (χ1v) is 7.32. The highest BCUT2D eigenvalue weighted by Gasteiger charge is 2.23. The SMILES string of the molecule is CC1CC(C(=O)NCCCCCCC(=O)O)CCN1. The van der Waals surface area contributed by atoms with E-state index >= 15 is 0 Å². The molecule has 2 unspecified atom stereocenters. The first kappa shape index (κ1) is 16.0. The molecule has 1 amide bonds. The number of hydrogen-bond donors (Lipinski definition) is 3. The molecule has 0 aliphatic carbocycles. The van der Waals surface area contributed by atoms with Crippen molar-refractivity contribution in [1.82, 2.24) is 10.6 Å². The smallest absolute Gasteiger partial charge is 0.303 e. The van der Waals surface area contributed by atoms with E-state index in [4.69, 9.17) is 5.11 Å². The molecule has 0 radical (unpaired) electrons. The molecule has 0 spiro atoms. The van der Waals surface area contributed by atoms with Crippen LogP contribution in [0.1, 0.15) is 51.9 Å². The van der Waals surface area contributed by atoms with Crippen molar-refractivity contribution < 1.29 is 14.7 Å². The quantitative estimate of drug-likeness (QED) is 0.584. The Morgan fingerprint density at radius 2 is 2.00 bits per heavy atom. The second-order valence-electron chi connectivity index (χ2n) is 5.43. The largest absolute Gasteiger partial charge is 0.481 e. The zero-order valence-corrected chi connectivity index (χ0v) is 11.8. The topological polar surface area (TPSA) is 78.4 Å². The van der Waals surface area contributed by atoms with Gasteiger partial charge in [-0.25, -0.2) is 0 Å². The molecule has 3 N–H and O–H groups in total. The van der Waals surface area contributed by atoms with E-state index in [0.29, 0.717) is 12.6 Å². The van der Waals surface area contributed by atoms with Gasteiger partial charge >= 0.3 is 5.97 Å². The molecular weight excluding hydrogens is 244 g/mol. The molecule has 1 saturated heterocycles. The number of piperidine rings is 1. The molecule has 0 aromatic heterocycles. The van der Waals surface area contributed by atoms with Gasteiger partial charge in [-0.1, -0.05) is 12.8 Å². The minimum absolute atomic E-state index is 0.156. The number of unbranched alkanes of at least 4 members (excludes halogenated alkanes) is 3. The first-order valence-electron chi connectivity index (χ1n) is 7.32. The second-order valence-corrected chi connectivity index (χ2v) is 5.43. The number of aliphatic carboxylic acids is 1. The van der Waals surface area contributed by atoms with E-state index < -0.39 is 5.97 Å². The number of carbonyl (C=O) groups excluding carboxylic acids is 1. The molecule has 110 valence electrons. The molecule has 1 aliphatic heterocycles. The third kappa shape index (κ3) is 7.15. The minimum atomic E-state index is -0.728. The molecule has 5 heteroatoms. The standard InChI is InChI=1S/C14H26N2O3/c1-11-10-12(7-9-15-11)14(19)16-8-5-3-2-4-6-13(17)18/h11-12,15H,2-10H2,1H3,(H,16,19)(H,17,18). The maximum absolute atomic E-state index is 11.9. The summed E-state index contributed by atoms with van der Waals surface area (Å²) in [4.78, 5) is 22.2. The number of carboxylic acid groups (broad SMARTS) is 1. The Kier molecular flexibility index (Phi) is 7.48. The lowest BCUT2D eigenvalue weighted by Gasteiger charge is -2.27. The average molecular weight is 270 g/mol. The van der Waals surface area contributed by atoms with E-state index in [9.17, 15) is 9.59 Å². The summed E-state index contributed by atoms with van der Waals surface area (Å²) < 4.78 is 0. The highest BCUT2D eigenvalue weighted by molar-refractivity contribution is 5.78. The van der Waals surface area contributed by atoms with E-state index in [0.717, 1.165) is 45.1 Å². The molecule has 5 nitrogen and oxygen atoms in total. The summed E-state index contributed by atoms with van der Waals surface area (Å²) >= 11 is 0. The Bertz CT molecular complexity index is 294. The third-order valence-corrected chi connectivity index (χ3v) is 3.61. The number of nitrogens with one attached hydrogen (secondary N) is 2. The third-order valence-electron chi connectivity index (χ3n) is 3.61. The maximum atomic E-state index is 11.9. The van der Waals surface area contributed by atoms with Gasteiger partial charge in [-0.05, 0) is 39.2 Å². The lowest BCUT2D eigenvalue weighted by Crippen LogP contribution is -2.42. The fourth-order valence-electron chi connectivity index (χ4n) is 2.48. The summed E-state index contributed by atoms with van der Waals surface area (Å²) in [6, 6.07) is 0.431. The van der Waals surface area contributed by atoms with Crippen molar-refractivity contribution in [2.75, 3.05) is 13.1 Å². The molecule has 19 heavy (non-hydrogen) atoms. The molecular formula is C14H26N2O3. The molecule has 0 aromatic carbocycles. The Morgan fingerprint density at radius 3 is 2.68 bits per heavy atom. The number of hydrogen-bond acceptors (Lipinski definition) is 3.